The second-order valence-corrected chi connectivity index (χ2v) is 5.75. The van der Waals surface area contributed by atoms with Gasteiger partial charge in [0.15, 0.2) is 9.84 Å². The van der Waals surface area contributed by atoms with E-state index in [0.29, 0.717) is 6.42 Å². The number of aliphatic carboxylic acids is 1. The summed E-state index contributed by atoms with van der Waals surface area (Å²) in [5, 5.41) is 8.91. The molecule has 0 aliphatic rings. The molecule has 0 heterocycles. The Morgan fingerprint density at radius 1 is 1.47 bits per heavy atom. The number of carboxylic acid groups (broad SMARTS) is 1. The van der Waals surface area contributed by atoms with Crippen molar-refractivity contribution in [1.29, 1.82) is 0 Å². The lowest BCUT2D eigenvalue weighted by Gasteiger charge is -2.11. The zero-order valence-electron chi connectivity index (χ0n) is 9.47. The van der Waals surface area contributed by atoms with Crippen LogP contribution in [0.4, 0.5) is 4.39 Å². The molecular weight excluding hydrogens is 247 g/mol. The monoisotopic (exact) mass is 260 g/mol. The second kappa shape index (κ2) is 4.83. The zero-order valence-corrected chi connectivity index (χ0v) is 10.3. The number of carbonyl (C=O) groups is 1. The molecule has 1 aromatic rings. The van der Waals surface area contributed by atoms with Crippen LogP contribution in [0, 0.1) is 5.82 Å². The molecule has 1 unspecified atom stereocenters. The lowest BCUT2D eigenvalue weighted by Crippen LogP contribution is -2.11. The van der Waals surface area contributed by atoms with Gasteiger partial charge in [-0.2, -0.15) is 0 Å². The van der Waals surface area contributed by atoms with E-state index in [1.165, 1.54) is 6.07 Å². The first kappa shape index (κ1) is 13.6. The smallest absolute Gasteiger partial charge is 0.310 e. The number of halogens is 1. The van der Waals surface area contributed by atoms with Gasteiger partial charge in [0.1, 0.15) is 10.7 Å². The van der Waals surface area contributed by atoms with E-state index in [1.54, 1.807) is 6.92 Å². The molecule has 0 aliphatic heterocycles. The average molecular weight is 260 g/mol. The van der Waals surface area contributed by atoms with Crippen molar-refractivity contribution in [3.63, 3.8) is 0 Å². The second-order valence-electron chi connectivity index (χ2n) is 3.76. The van der Waals surface area contributed by atoms with Crippen molar-refractivity contribution in [2.75, 3.05) is 6.26 Å². The third kappa shape index (κ3) is 3.03. The summed E-state index contributed by atoms with van der Waals surface area (Å²) in [7, 11) is -3.63. The predicted octanol–water partition coefficient (Wildman–Crippen LogP) is 1.81. The lowest BCUT2D eigenvalue weighted by molar-refractivity contribution is -0.138. The Hall–Kier alpha value is -1.43. The van der Waals surface area contributed by atoms with Crippen LogP contribution in [0.15, 0.2) is 23.1 Å². The van der Waals surface area contributed by atoms with Crippen molar-refractivity contribution >= 4 is 15.8 Å². The largest absolute Gasteiger partial charge is 0.481 e. The molecule has 0 aliphatic carbocycles. The minimum absolute atomic E-state index is 0.268. The highest BCUT2D eigenvalue weighted by atomic mass is 32.2. The number of hydrogen-bond acceptors (Lipinski definition) is 3. The molecule has 0 saturated carbocycles. The van der Waals surface area contributed by atoms with E-state index in [1.807, 2.05) is 0 Å². The highest BCUT2D eigenvalue weighted by Gasteiger charge is 2.21. The van der Waals surface area contributed by atoms with Gasteiger partial charge in [-0.15, -0.1) is 0 Å². The van der Waals surface area contributed by atoms with Crippen LogP contribution in [0.25, 0.3) is 0 Å². The molecule has 0 fully saturated rings. The van der Waals surface area contributed by atoms with Crippen molar-refractivity contribution in [2.24, 2.45) is 0 Å². The number of carboxylic acids is 1. The molecule has 1 aromatic carbocycles. The van der Waals surface area contributed by atoms with Crippen LogP contribution in [0.1, 0.15) is 24.8 Å². The van der Waals surface area contributed by atoms with Gasteiger partial charge in [-0.25, -0.2) is 12.8 Å². The van der Waals surface area contributed by atoms with Gasteiger partial charge in [0.2, 0.25) is 0 Å². The van der Waals surface area contributed by atoms with E-state index in [0.717, 1.165) is 18.4 Å². The molecule has 0 amide bonds. The summed E-state index contributed by atoms with van der Waals surface area (Å²) in [6.45, 7) is 1.67. The quantitative estimate of drug-likeness (QED) is 0.896. The van der Waals surface area contributed by atoms with Crippen molar-refractivity contribution in [1.82, 2.24) is 0 Å². The van der Waals surface area contributed by atoms with E-state index >= 15 is 0 Å². The molecule has 0 bridgehead atoms. The minimum atomic E-state index is -3.63. The van der Waals surface area contributed by atoms with Gasteiger partial charge in [0.25, 0.3) is 0 Å². The Balaban J connectivity index is 3.26. The third-order valence-electron chi connectivity index (χ3n) is 2.46. The van der Waals surface area contributed by atoms with Gasteiger partial charge < -0.3 is 5.11 Å². The maximum Gasteiger partial charge on any atom is 0.310 e. The van der Waals surface area contributed by atoms with Crippen molar-refractivity contribution in [3.8, 4) is 0 Å². The first-order valence-electron chi connectivity index (χ1n) is 4.99. The lowest BCUT2D eigenvalue weighted by atomic mass is 9.97. The molecule has 0 radical (unpaired) electrons. The molecule has 1 rings (SSSR count). The summed E-state index contributed by atoms with van der Waals surface area (Å²) in [6.07, 6.45) is 1.21. The average Bonchev–Trinajstić information content (AvgIpc) is 2.15. The van der Waals surface area contributed by atoms with E-state index in [9.17, 15) is 17.6 Å². The van der Waals surface area contributed by atoms with Crippen LogP contribution in [0.5, 0.6) is 0 Å². The maximum atomic E-state index is 13.5. The summed E-state index contributed by atoms with van der Waals surface area (Å²) in [4.78, 5) is 10.5. The van der Waals surface area contributed by atoms with Crippen molar-refractivity contribution in [2.45, 2.75) is 24.2 Å². The first-order valence-corrected chi connectivity index (χ1v) is 6.88. The Bertz CT molecular complexity index is 536. The minimum Gasteiger partial charge on any atom is -0.481 e. The van der Waals surface area contributed by atoms with E-state index in [2.05, 4.69) is 0 Å². The Morgan fingerprint density at radius 3 is 2.41 bits per heavy atom. The van der Waals surface area contributed by atoms with Gasteiger partial charge in [0, 0.05) is 6.26 Å². The maximum absolute atomic E-state index is 13.5. The number of benzene rings is 1. The standard InChI is InChI=1S/C11H13FO4S/c1-3-8(11(13)14)7-4-5-10(9(12)6-7)17(2,15)16/h4-6,8H,3H2,1-2H3,(H,13,14). The van der Waals surface area contributed by atoms with E-state index in [4.69, 9.17) is 5.11 Å². The Kier molecular flexibility index (Phi) is 3.87. The van der Waals surface area contributed by atoms with Crippen molar-refractivity contribution in [3.05, 3.63) is 29.6 Å². The van der Waals surface area contributed by atoms with Crippen LogP contribution in [0.3, 0.4) is 0 Å². The molecule has 1 atom stereocenters. The van der Waals surface area contributed by atoms with Crippen LogP contribution in [-0.4, -0.2) is 25.7 Å². The first-order chi connectivity index (χ1) is 7.77. The molecule has 1 N–H and O–H groups in total. The van der Waals surface area contributed by atoms with Crippen LogP contribution < -0.4 is 0 Å². The fourth-order valence-electron chi connectivity index (χ4n) is 1.59. The summed E-state index contributed by atoms with van der Waals surface area (Å²) in [6, 6.07) is 3.41. The molecule has 0 aromatic heterocycles. The number of hydrogen-bond donors (Lipinski definition) is 1. The van der Waals surface area contributed by atoms with Crippen LogP contribution >= 0.6 is 0 Å². The SMILES string of the molecule is CCC(C(=O)O)c1ccc(S(C)(=O)=O)c(F)c1. The summed E-state index contributed by atoms with van der Waals surface area (Å²) >= 11 is 0. The van der Waals surface area contributed by atoms with Gasteiger partial charge in [0.05, 0.1) is 5.92 Å². The molecule has 4 nitrogen and oxygen atoms in total. The van der Waals surface area contributed by atoms with Crippen molar-refractivity contribution < 1.29 is 22.7 Å². The molecule has 0 spiro atoms. The van der Waals surface area contributed by atoms with E-state index in [-0.39, 0.29) is 5.56 Å². The van der Waals surface area contributed by atoms with E-state index < -0.39 is 32.4 Å². The number of sulfone groups is 1. The van der Waals surface area contributed by atoms with Gasteiger partial charge in [-0.1, -0.05) is 13.0 Å². The molecule has 17 heavy (non-hydrogen) atoms. The highest BCUT2D eigenvalue weighted by molar-refractivity contribution is 7.90. The zero-order chi connectivity index (χ0) is 13.2. The predicted molar refractivity (Wildman–Crippen MR) is 60.2 cm³/mol. The summed E-state index contributed by atoms with van der Waals surface area (Å²) in [5.74, 6) is -2.79. The Morgan fingerprint density at radius 2 is 2.06 bits per heavy atom. The Labute approximate surface area is 99.0 Å². The number of rotatable bonds is 4. The summed E-state index contributed by atoms with van der Waals surface area (Å²) in [5.41, 5.74) is 0.268. The fraction of sp³-hybridized carbons (Fsp3) is 0.364. The van der Waals surface area contributed by atoms with Crippen LogP contribution in [0.2, 0.25) is 0 Å². The topological polar surface area (TPSA) is 71.4 Å². The summed E-state index contributed by atoms with van der Waals surface area (Å²) < 4.78 is 35.9. The molecule has 6 heteroatoms. The highest BCUT2D eigenvalue weighted by Crippen LogP contribution is 2.24. The molecular formula is C11H13FO4S. The van der Waals surface area contributed by atoms with Gasteiger partial charge in [-0.3, -0.25) is 4.79 Å². The third-order valence-corrected chi connectivity index (χ3v) is 3.59. The normalized spacial score (nSPS) is 13.4. The molecule has 0 saturated heterocycles. The van der Waals surface area contributed by atoms with Gasteiger partial charge in [-0.05, 0) is 24.1 Å². The van der Waals surface area contributed by atoms with Crippen LogP contribution in [-0.2, 0) is 14.6 Å². The molecule has 94 valence electrons. The fourth-order valence-corrected chi connectivity index (χ4v) is 2.32. The van der Waals surface area contributed by atoms with Gasteiger partial charge >= 0.3 is 5.97 Å².